The van der Waals surface area contributed by atoms with Crippen LogP contribution in [0.3, 0.4) is 0 Å². The van der Waals surface area contributed by atoms with Crippen molar-refractivity contribution in [2.24, 2.45) is 0 Å². The van der Waals surface area contributed by atoms with Crippen molar-refractivity contribution in [3.05, 3.63) is 59.8 Å². The van der Waals surface area contributed by atoms with Gasteiger partial charge in [-0.3, -0.25) is 4.79 Å². The van der Waals surface area contributed by atoms with E-state index in [-0.39, 0.29) is 17.6 Å². The molecular weight excluding hydrogens is 340 g/mol. The lowest BCUT2D eigenvalue weighted by Crippen LogP contribution is -2.46. The number of likely N-dealkylation sites (tertiary alicyclic amines) is 1. The molecule has 6 heteroatoms. The number of rotatable bonds is 3. The molecule has 0 saturated carbocycles. The van der Waals surface area contributed by atoms with Crippen LogP contribution in [0.2, 0.25) is 0 Å². The van der Waals surface area contributed by atoms with E-state index in [0.29, 0.717) is 30.8 Å². The van der Waals surface area contributed by atoms with Crippen molar-refractivity contribution >= 4 is 11.7 Å². The largest absolute Gasteiger partial charge is 0.373 e. The fraction of sp³-hybridized carbons (Fsp3) is 0.381. The van der Waals surface area contributed by atoms with Crippen LogP contribution in [-0.2, 0) is 4.74 Å². The van der Waals surface area contributed by atoms with Gasteiger partial charge in [0.15, 0.2) is 0 Å². The first-order valence-electron chi connectivity index (χ1n) is 9.28. The molecule has 2 aromatic rings. The monoisotopic (exact) mass is 362 g/mol. The van der Waals surface area contributed by atoms with Gasteiger partial charge in [0, 0.05) is 24.8 Å². The average Bonchev–Trinajstić information content (AvgIpc) is 3.11. The molecule has 2 aliphatic rings. The van der Waals surface area contributed by atoms with Crippen molar-refractivity contribution in [1.82, 2.24) is 9.88 Å². The molecule has 1 aromatic carbocycles. The van der Waals surface area contributed by atoms with Gasteiger partial charge < -0.3 is 15.0 Å². The lowest BCUT2D eigenvalue weighted by molar-refractivity contribution is -0.0388. The Morgan fingerprint density at radius 3 is 2.85 bits per heavy atom. The maximum Gasteiger partial charge on any atom is 0.253 e. The first-order chi connectivity index (χ1) is 13.2. The lowest BCUT2D eigenvalue weighted by Gasteiger charge is -2.38. The number of amides is 1. The number of hydrogen-bond donors (Lipinski definition) is 1. The number of nitrogens with zero attached hydrogens (tertiary/aromatic N) is 3. The molecule has 1 atom stereocenters. The number of carbonyl (C=O) groups excluding carboxylic acids is 1. The summed E-state index contributed by atoms with van der Waals surface area (Å²) < 4.78 is 6.17. The summed E-state index contributed by atoms with van der Waals surface area (Å²) in [5.41, 5.74) is 0.932. The molecule has 0 bridgehead atoms. The summed E-state index contributed by atoms with van der Waals surface area (Å²) in [6, 6.07) is 15.1. The van der Waals surface area contributed by atoms with E-state index in [9.17, 15) is 4.79 Å². The number of carbonyl (C=O) groups is 1. The van der Waals surface area contributed by atoms with E-state index in [1.807, 2.05) is 23.1 Å². The van der Waals surface area contributed by atoms with Crippen molar-refractivity contribution in [2.75, 3.05) is 25.0 Å². The second-order valence-corrected chi connectivity index (χ2v) is 7.24. The van der Waals surface area contributed by atoms with Crippen molar-refractivity contribution in [3.63, 3.8) is 0 Å². The molecule has 138 valence electrons. The van der Waals surface area contributed by atoms with Crippen molar-refractivity contribution in [2.45, 2.75) is 30.9 Å². The van der Waals surface area contributed by atoms with Gasteiger partial charge in [0.25, 0.3) is 5.91 Å². The maximum absolute atomic E-state index is 12.7. The molecule has 1 aromatic heterocycles. The van der Waals surface area contributed by atoms with E-state index in [1.165, 1.54) is 0 Å². The van der Waals surface area contributed by atoms with Gasteiger partial charge in [0.05, 0.1) is 29.9 Å². The summed E-state index contributed by atoms with van der Waals surface area (Å²) in [5.74, 6) is 0.858. The number of pyridine rings is 1. The highest BCUT2D eigenvalue weighted by atomic mass is 16.5. The molecule has 4 rings (SSSR count). The average molecular weight is 362 g/mol. The molecule has 1 amide bonds. The molecule has 6 nitrogen and oxygen atoms in total. The molecule has 1 spiro atoms. The minimum atomic E-state index is -0.155. The van der Waals surface area contributed by atoms with Crippen LogP contribution in [0.4, 0.5) is 5.82 Å². The van der Waals surface area contributed by atoms with E-state index >= 15 is 0 Å². The Hall–Kier alpha value is -2.91. The van der Waals surface area contributed by atoms with E-state index in [1.54, 1.807) is 30.5 Å². The third-order valence-corrected chi connectivity index (χ3v) is 5.43. The van der Waals surface area contributed by atoms with Crippen molar-refractivity contribution < 1.29 is 9.53 Å². The molecule has 2 saturated heterocycles. The van der Waals surface area contributed by atoms with Gasteiger partial charge in [-0.15, -0.1) is 0 Å². The third kappa shape index (κ3) is 3.79. The first kappa shape index (κ1) is 17.5. The van der Waals surface area contributed by atoms with Gasteiger partial charge in [-0.2, -0.15) is 5.26 Å². The number of aromatic nitrogens is 1. The van der Waals surface area contributed by atoms with E-state index in [4.69, 9.17) is 10.00 Å². The summed E-state index contributed by atoms with van der Waals surface area (Å²) in [4.78, 5) is 18.9. The highest BCUT2D eigenvalue weighted by Gasteiger charge is 2.43. The van der Waals surface area contributed by atoms with Crippen LogP contribution >= 0.6 is 0 Å². The van der Waals surface area contributed by atoms with Crippen LogP contribution < -0.4 is 5.32 Å². The third-order valence-electron chi connectivity index (χ3n) is 5.43. The van der Waals surface area contributed by atoms with E-state index in [0.717, 1.165) is 25.1 Å². The molecule has 1 N–H and O–H groups in total. The number of anilines is 1. The minimum Gasteiger partial charge on any atom is -0.373 e. The highest BCUT2D eigenvalue weighted by molar-refractivity contribution is 5.94. The van der Waals surface area contributed by atoms with Gasteiger partial charge in [-0.25, -0.2) is 4.98 Å². The van der Waals surface area contributed by atoms with Gasteiger partial charge in [0.1, 0.15) is 5.82 Å². The lowest BCUT2D eigenvalue weighted by atomic mass is 9.87. The molecule has 27 heavy (non-hydrogen) atoms. The normalized spacial score (nSPS) is 21.0. The van der Waals surface area contributed by atoms with Crippen LogP contribution in [-0.4, -0.2) is 47.1 Å². The van der Waals surface area contributed by atoms with Crippen LogP contribution in [0.15, 0.2) is 48.7 Å². The number of piperidine rings is 1. The molecule has 2 fully saturated rings. The van der Waals surface area contributed by atoms with Crippen molar-refractivity contribution in [3.8, 4) is 6.07 Å². The van der Waals surface area contributed by atoms with Gasteiger partial charge in [0.2, 0.25) is 0 Å². The molecule has 3 heterocycles. The second kappa shape index (κ2) is 7.37. The SMILES string of the molecule is N#Cc1cccc(C(=O)N2CCC3(CC2)C[C@H](Nc2ccccn2)CO3)c1. The standard InChI is InChI=1S/C21H22N4O2/c22-14-16-4-3-5-17(12-16)20(26)25-10-7-21(8-11-25)13-18(15-27-21)24-19-6-1-2-9-23-19/h1-6,9,12,18H,7-8,10-11,13,15H2,(H,23,24)/t18-/m0/s1. The number of hydrogen-bond acceptors (Lipinski definition) is 5. The summed E-state index contributed by atoms with van der Waals surface area (Å²) >= 11 is 0. The van der Waals surface area contributed by atoms with Gasteiger partial charge in [-0.1, -0.05) is 12.1 Å². The molecule has 2 aliphatic heterocycles. The fourth-order valence-corrected chi connectivity index (χ4v) is 3.96. The van der Waals surface area contributed by atoms with Crippen molar-refractivity contribution in [1.29, 1.82) is 5.26 Å². The smallest absolute Gasteiger partial charge is 0.253 e. The maximum atomic E-state index is 12.7. The first-order valence-corrected chi connectivity index (χ1v) is 9.28. The van der Waals surface area contributed by atoms with E-state index < -0.39 is 0 Å². The Bertz CT molecular complexity index is 854. The molecule has 0 aliphatic carbocycles. The summed E-state index contributed by atoms with van der Waals surface area (Å²) in [6.07, 6.45) is 4.36. The van der Waals surface area contributed by atoms with Crippen LogP contribution in [0.5, 0.6) is 0 Å². The molecular formula is C21H22N4O2. The number of nitrogens with one attached hydrogen (secondary N) is 1. The number of ether oxygens (including phenoxy) is 1. The second-order valence-electron chi connectivity index (χ2n) is 7.24. The fourth-order valence-electron chi connectivity index (χ4n) is 3.96. The quantitative estimate of drug-likeness (QED) is 0.908. The zero-order chi connectivity index (χ0) is 18.7. The summed E-state index contributed by atoms with van der Waals surface area (Å²) in [5, 5.41) is 12.5. The zero-order valence-electron chi connectivity index (χ0n) is 15.1. The Labute approximate surface area is 158 Å². The molecule has 0 unspecified atom stereocenters. The topological polar surface area (TPSA) is 78.3 Å². The Morgan fingerprint density at radius 1 is 1.26 bits per heavy atom. The summed E-state index contributed by atoms with van der Waals surface area (Å²) in [7, 11) is 0. The van der Waals surface area contributed by atoms with E-state index in [2.05, 4.69) is 16.4 Å². The molecule has 0 radical (unpaired) electrons. The van der Waals surface area contributed by atoms with Crippen LogP contribution in [0.25, 0.3) is 0 Å². The summed E-state index contributed by atoms with van der Waals surface area (Å²) in [6.45, 7) is 2.01. The minimum absolute atomic E-state index is 0.0110. The van der Waals surface area contributed by atoms with Crippen LogP contribution in [0.1, 0.15) is 35.2 Å². The Morgan fingerprint density at radius 2 is 2.11 bits per heavy atom. The number of benzene rings is 1. The zero-order valence-corrected chi connectivity index (χ0v) is 15.1. The predicted molar refractivity (Wildman–Crippen MR) is 101 cm³/mol. The number of nitriles is 1. The Kier molecular flexibility index (Phi) is 4.78. The Balaban J connectivity index is 1.35. The van der Waals surface area contributed by atoms with Gasteiger partial charge >= 0.3 is 0 Å². The van der Waals surface area contributed by atoms with Crippen LogP contribution in [0, 0.1) is 11.3 Å². The highest BCUT2D eigenvalue weighted by Crippen LogP contribution is 2.37. The van der Waals surface area contributed by atoms with Gasteiger partial charge in [-0.05, 0) is 49.6 Å². The predicted octanol–water partition coefficient (Wildman–Crippen LogP) is 2.83.